The first kappa shape index (κ1) is 13.5. The summed E-state index contributed by atoms with van der Waals surface area (Å²) in [5, 5.41) is 20.9. The molecule has 0 atom stereocenters. The number of carbonyl (C=O) groups excluding carboxylic acids is 1. The quantitative estimate of drug-likeness (QED) is 0.525. The molecule has 6 heteroatoms. The van der Waals surface area contributed by atoms with Crippen LogP contribution in [0.25, 0.3) is 0 Å². The van der Waals surface area contributed by atoms with Gasteiger partial charge >= 0.3 is 5.69 Å². The van der Waals surface area contributed by atoms with Gasteiger partial charge in [0.15, 0.2) is 5.78 Å². The summed E-state index contributed by atoms with van der Waals surface area (Å²) in [4.78, 5) is 22.4. The van der Waals surface area contributed by atoms with Crippen LogP contribution in [0, 0.1) is 10.1 Å². The average molecular weight is 273 g/mol. The van der Waals surface area contributed by atoms with Gasteiger partial charge in [0.2, 0.25) is 11.5 Å². The van der Waals surface area contributed by atoms with Gasteiger partial charge in [-0.2, -0.15) is 0 Å². The van der Waals surface area contributed by atoms with Gasteiger partial charge in [0, 0.05) is 5.56 Å². The maximum atomic E-state index is 12.2. The molecule has 20 heavy (non-hydrogen) atoms. The zero-order valence-electron chi connectivity index (χ0n) is 10.6. The highest BCUT2D eigenvalue weighted by Crippen LogP contribution is 2.39. The Labute approximate surface area is 114 Å². The zero-order valence-corrected chi connectivity index (χ0v) is 10.6. The first-order chi connectivity index (χ1) is 9.56. The van der Waals surface area contributed by atoms with Gasteiger partial charge in [-0.05, 0) is 12.1 Å². The minimum Gasteiger partial charge on any atom is -0.501 e. The average Bonchev–Trinajstić information content (AvgIpc) is 2.46. The first-order valence-corrected chi connectivity index (χ1v) is 5.70. The van der Waals surface area contributed by atoms with Crippen molar-refractivity contribution in [1.82, 2.24) is 0 Å². The van der Waals surface area contributed by atoms with Gasteiger partial charge in [-0.1, -0.05) is 30.3 Å². The summed E-state index contributed by atoms with van der Waals surface area (Å²) in [6, 6.07) is 10.8. The number of methoxy groups -OCH3 is 1. The van der Waals surface area contributed by atoms with Crippen molar-refractivity contribution in [2.24, 2.45) is 0 Å². The first-order valence-electron chi connectivity index (χ1n) is 5.70. The molecule has 0 radical (unpaired) electrons. The summed E-state index contributed by atoms with van der Waals surface area (Å²) in [6.07, 6.45) is 0. The minimum absolute atomic E-state index is 0.0999. The number of hydrogen-bond donors (Lipinski definition) is 1. The Hall–Kier alpha value is -2.89. The van der Waals surface area contributed by atoms with Crippen molar-refractivity contribution in [1.29, 1.82) is 0 Å². The van der Waals surface area contributed by atoms with E-state index in [0.29, 0.717) is 5.56 Å². The molecule has 2 rings (SSSR count). The second-order valence-electron chi connectivity index (χ2n) is 3.96. The number of carbonyl (C=O) groups is 1. The molecule has 0 spiro atoms. The highest BCUT2D eigenvalue weighted by molar-refractivity contribution is 6.11. The molecule has 0 amide bonds. The van der Waals surface area contributed by atoms with Crippen LogP contribution in [0.1, 0.15) is 15.9 Å². The SMILES string of the molecule is COc1ccc(C(=O)c2ccccc2)c(O)c1[N+](=O)[O-]. The number of benzene rings is 2. The van der Waals surface area contributed by atoms with E-state index in [4.69, 9.17) is 4.74 Å². The molecule has 1 N–H and O–H groups in total. The lowest BCUT2D eigenvalue weighted by Crippen LogP contribution is -2.04. The van der Waals surface area contributed by atoms with Gasteiger partial charge in [0.05, 0.1) is 17.6 Å². The molecule has 0 aliphatic rings. The molecular formula is C14H11NO5. The maximum Gasteiger partial charge on any atom is 0.352 e. The Bertz CT molecular complexity index is 667. The molecule has 6 nitrogen and oxygen atoms in total. The lowest BCUT2D eigenvalue weighted by Gasteiger charge is -2.07. The van der Waals surface area contributed by atoms with Crippen LogP contribution in [0.2, 0.25) is 0 Å². The number of nitro groups is 1. The maximum absolute atomic E-state index is 12.2. The molecule has 0 aliphatic heterocycles. The number of rotatable bonds is 4. The molecule has 0 fully saturated rings. The Kier molecular flexibility index (Phi) is 3.65. The van der Waals surface area contributed by atoms with Gasteiger partial charge in [-0.15, -0.1) is 0 Å². The second-order valence-corrected chi connectivity index (χ2v) is 3.96. The third-order valence-corrected chi connectivity index (χ3v) is 2.80. The van der Waals surface area contributed by atoms with Crippen molar-refractivity contribution < 1.29 is 19.6 Å². The highest BCUT2D eigenvalue weighted by atomic mass is 16.6. The van der Waals surface area contributed by atoms with Crippen molar-refractivity contribution in [3.05, 3.63) is 63.7 Å². The molecule has 2 aromatic rings. The highest BCUT2D eigenvalue weighted by Gasteiger charge is 2.27. The van der Waals surface area contributed by atoms with Crippen molar-refractivity contribution in [2.45, 2.75) is 0 Å². The number of ether oxygens (including phenoxy) is 1. The number of phenols is 1. The normalized spacial score (nSPS) is 10.1. The number of aromatic hydroxyl groups is 1. The van der Waals surface area contributed by atoms with E-state index in [2.05, 4.69) is 0 Å². The van der Waals surface area contributed by atoms with Gasteiger partial charge in [-0.3, -0.25) is 14.9 Å². The van der Waals surface area contributed by atoms with Crippen molar-refractivity contribution >= 4 is 11.5 Å². The molecular weight excluding hydrogens is 262 g/mol. The van der Waals surface area contributed by atoms with Crippen molar-refractivity contribution in [2.75, 3.05) is 7.11 Å². The molecule has 2 aromatic carbocycles. The lowest BCUT2D eigenvalue weighted by atomic mass is 10.0. The van der Waals surface area contributed by atoms with E-state index < -0.39 is 22.1 Å². The number of ketones is 1. The summed E-state index contributed by atoms with van der Waals surface area (Å²) in [7, 11) is 1.25. The van der Waals surface area contributed by atoms with E-state index >= 15 is 0 Å². The van der Waals surface area contributed by atoms with E-state index in [1.165, 1.54) is 19.2 Å². The molecule has 0 unspecified atom stereocenters. The van der Waals surface area contributed by atoms with Crippen LogP contribution >= 0.6 is 0 Å². The fraction of sp³-hybridized carbons (Fsp3) is 0.0714. The standard InChI is InChI=1S/C14H11NO5/c1-20-11-8-7-10(14(17)12(11)15(18)19)13(16)9-5-3-2-4-6-9/h2-8,17H,1H3. The van der Waals surface area contributed by atoms with E-state index in [-0.39, 0.29) is 11.3 Å². The number of phenolic OH excluding ortho intramolecular Hbond substituents is 1. The lowest BCUT2D eigenvalue weighted by molar-refractivity contribution is -0.386. The summed E-state index contributed by atoms with van der Waals surface area (Å²) in [5.74, 6) is -1.28. The van der Waals surface area contributed by atoms with Crippen molar-refractivity contribution in [3.8, 4) is 11.5 Å². The van der Waals surface area contributed by atoms with E-state index in [1.807, 2.05) is 0 Å². The summed E-state index contributed by atoms with van der Waals surface area (Å²) in [5.41, 5.74) is -0.416. The van der Waals surface area contributed by atoms with Crippen LogP contribution in [-0.4, -0.2) is 22.9 Å². The van der Waals surface area contributed by atoms with Gasteiger partial charge in [0.1, 0.15) is 0 Å². The summed E-state index contributed by atoms with van der Waals surface area (Å²) in [6.45, 7) is 0. The number of nitrogens with zero attached hydrogens (tertiary/aromatic N) is 1. The minimum atomic E-state index is -0.782. The monoisotopic (exact) mass is 273 g/mol. The van der Waals surface area contributed by atoms with Crippen LogP contribution in [0.5, 0.6) is 11.5 Å². The van der Waals surface area contributed by atoms with Crippen LogP contribution in [0.3, 0.4) is 0 Å². The third kappa shape index (κ3) is 2.31. The second kappa shape index (κ2) is 5.40. The third-order valence-electron chi connectivity index (χ3n) is 2.80. The van der Waals surface area contributed by atoms with Gasteiger partial charge in [0.25, 0.3) is 0 Å². The van der Waals surface area contributed by atoms with Gasteiger partial charge < -0.3 is 9.84 Å². The molecule has 102 valence electrons. The zero-order chi connectivity index (χ0) is 14.7. The van der Waals surface area contributed by atoms with E-state index in [0.717, 1.165) is 0 Å². The molecule has 0 heterocycles. The van der Waals surface area contributed by atoms with E-state index in [9.17, 15) is 20.0 Å². The fourth-order valence-electron chi connectivity index (χ4n) is 1.83. The predicted octanol–water partition coefficient (Wildman–Crippen LogP) is 2.54. The predicted molar refractivity (Wildman–Crippen MR) is 71.2 cm³/mol. The largest absolute Gasteiger partial charge is 0.501 e. The Morgan fingerprint density at radius 3 is 2.40 bits per heavy atom. The van der Waals surface area contributed by atoms with Crippen LogP contribution < -0.4 is 4.74 Å². The molecule has 0 aliphatic carbocycles. The Morgan fingerprint density at radius 1 is 1.20 bits per heavy atom. The topological polar surface area (TPSA) is 89.7 Å². The summed E-state index contributed by atoms with van der Waals surface area (Å²) >= 11 is 0. The molecule has 0 bridgehead atoms. The number of nitro benzene ring substituents is 1. The Morgan fingerprint density at radius 2 is 1.85 bits per heavy atom. The summed E-state index contributed by atoms with van der Waals surface area (Å²) < 4.78 is 4.81. The van der Waals surface area contributed by atoms with Crippen LogP contribution in [0.15, 0.2) is 42.5 Å². The van der Waals surface area contributed by atoms with E-state index in [1.54, 1.807) is 30.3 Å². The number of hydrogen-bond acceptors (Lipinski definition) is 5. The molecule has 0 aromatic heterocycles. The van der Waals surface area contributed by atoms with Gasteiger partial charge in [-0.25, -0.2) is 0 Å². The van der Waals surface area contributed by atoms with Crippen LogP contribution in [-0.2, 0) is 0 Å². The molecule has 0 saturated carbocycles. The van der Waals surface area contributed by atoms with Crippen LogP contribution in [0.4, 0.5) is 5.69 Å². The molecule has 0 saturated heterocycles. The fourth-order valence-corrected chi connectivity index (χ4v) is 1.83. The smallest absolute Gasteiger partial charge is 0.352 e. The Balaban J connectivity index is 2.57. The van der Waals surface area contributed by atoms with Crippen molar-refractivity contribution in [3.63, 3.8) is 0 Å².